The van der Waals surface area contributed by atoms with Crippen LogP contribution in [0, 0.1) is 0 Å². The van der Waals surface area contributed by atoms with Gasteiger partial charge in [-0.2, -0.15) is 0 Å². The van der Waals surface area contributed by atoms with Crippen molar-refractivity contribution in [2.24, 2.45) is 0 Å². The Morgan fingerprint density at radius 2 is 1.39 bits per heavy atom. The maximum Gasteiger partial charge on any atom is 0.421 e. The third kappa shape index (κ3) is 9.99. The molecule has 0 unspecified atom stereocenters. The molecule has 1 heterocycles. The fourth-order valence-electron chi connectivity index (χ4n) is 4.10. The minimum Gasteiger partial charge on any atom is -0.428 e. The van der Waals surface area contributed by atoms with E-state index in [0.29, 0.717) is 17.5 Å². The minimum absolute atomic E-state index is 0.172. The predicted molar refractivity (Wildman–Crippen MR) is 131 cm³/mol. The van der Waals surface area contributed by atoms with Gasteiger partial charge in [0.1, 0.15) is 0 Å². The van der Waals surface area contributed by atoms with Crippen LogP contribution in [0.1, 0.15) is 102 Å². The number of hydrogen-bond acceptors (Lipinski definition) is 5. The summed E-state index contributed by atoms with van der Waals surface area (Å²) in [5, 5.41) is 10.3. The van der Waals surface area contributed by atoms with Crippen LogP contribution in [0.15, 0.2) is 30.5 Å². The van der Waals surface area contributed by atoms with Gasteiger partial charge in [-0.15, -0.1) is 0 Å². The van der Waals surface area contributed by atoms with Gasteiger partial charge in [-0.05, 0) is 12.5 Å². The molecule has 0 saturated carbocycles. The lowest BCUT2D eigenvalue weighted by Crippen LogP contribution is -2.17. The van der Waals surface area contributed by atoms with Gasteiger partial charge in [-0.1, -0.05) is 102 Å². The van der Waals surface area contributed by atoms with Crippen molar-refractivity contribution in [1.29, 1.82) is 0 Å². The molecule has 0 fully saturated rings. The van der Waals surface area contributed by atoms with Crippen molar-refractivity contribution in [2.75, 3.05) is 6.79 Å². The van der Waals surface area contributed by atoms with Gasteiger partial charge in [0.05, 0.1) is 12.1 Å². The highest BCUT2D eigenvalue weighted by molar-refractivity contribution is 5.91. The molecule has 2 aromatic rings. The number of aliphatic hydroxyl groups excluding tert-OH is 1. The monoisotopic (exact) mass is 459 g/mol. The molecule has 0 aliphatic carbocycles. The molecule has 0 amide bonds. The van der Waals surface area contributed by atoms with Crippen LogP contribution in [0.2, 0.25) is 0 Å². The molecule has 1 aromatic carbocycles. The van der Waals surface area contributed by atoms with E-state index in [1.807, 2.05) is 18.2 Å². The van der Waals surface area contributed by atoms with Crippen molar-refractivity contribution in [3.05, 3.63) is 36.0 Å². The Kier molecular flexibility index (Phi) is 13.3. The van der Waals surface area contributed by atoms with E-state index in [9.17, 15) is 14.7 Å². The van der Waals surface area contributed by atoms with Crippen LogP contribution < -0.4 is 0 Å². The normalized spacial score (nSPS) is 11.1. The van der Waals surface area contributed by atoms with Crippen molar-refractivity contribution < 1.29 is 24.2 Å². The van der Waals surface area contributed by atoms with Crippen molar-refractivity contribution in [3.8, 4) is 0 Å². The van der Waals surface area contributed by atoms with Crippen molar-refractivity contribution in [1.82, 2.24) is 4.57 Å². The number of fused-ring (bicyclic) bond motifs is 1. The molecule has 0 atom stereocenters. The molecule has 0 spiro atoms. The second-order valence-electron chi connectivity index (χ2n) is 8.74. The number of hydrogen-bond donors (Lipinski definition) is 1. The first-order chi connectivity index (χ1) is 16.2. The number of carbonyl (C=O) groups excluding carboxylic acids is 2. The Morgan fingerprint density at radius 1 is 0.818 bits per heavy atom. The summed E-state index contributed by atoms with van der Waals surface area (Å²) in [5.41, 5.74) is 1.28. The molecule has 184 valence electrons. The zero-order valence-electron chi connectivity index (χ0n) is 20.2. The summed E-state index contributed by atoms with van der Waals surface area (Å²) < 4.78 is 11.4. The second kappa shape index (κ2) is 16.3. The molecular weight excluding hydrogens is 418 g/mol. The summed E-state index contributed by atoms with van der Waals surface area (Å²) in [6, 6.07) is 7.26. The van der Waals surface area contributed by atoms with Gasteiger partial charge in [0, 0.05) is 23.6 Å². The highest BCUT2D eigenvalue weighted by Gasteiger charge is 2.14. The second-order valence-corrected chi connectivity index (χ2v) is 8.74. The summed E-state index contributed by atoms with van der Waals surface area (Å²) in [5.74, 6) is -0.348. The summed E-state index contributed by atoms with van der Waals surface area (Å²) in [6.45, 7) is 1.67. The standard InChI is InChI=1S/C27H41NO5/c1-2-3-4-5-6-7-8-9-10-11-12-13-14-19-26(30)32-22-33-27(31)28-20-23(21-29)24-17-15-16-18-25(24)28/h15-18,20,29H,2-14,19,21-22H2,1H3. The van der Waals surface area contributed by atoms with Crippen LogP contribution in [-0.4, -0.2) is 28.5 Å². The van der Waals surface area contributed by atoms with Gasteiger partial charge in [-0.25, -0.2) is 4.79 Å². The number of benzene rings is 1. The molecule has 6 heteroatoms. The molecule has 0 aliphatic heterocycles. The summed E-state index contributed by atoms with van der Waals surface area (Å²) in [4.78, 5) is 24.2. The van der Waals surface area contributed by atoms with Gasteiger partial charge in [-0.3, -0.25) is 9.36 Å². The lowest BCUT2D eigenvalue weighted by Gasteiger charge is -2.07. The lowest BCUT2D eigenvalue weighted by molar-refractivity contribution is -0.151. The zero-order valence-corrected chi connectivity index (χ0v) is 20.2. The summed E-state index contributed by atoms with van der Waals surface area (Å²) in [6.07, 6.45) is 17.6. The molecule has 0 saturated heterocycles. The van der Waals surface area contributed by atoms with E-state index in [4.69, 9.17) is 9.47 Å². The molecule has 0 bridgehead atoms. The minimum atomic E-state index is -0.639. The molecule has 1 N–H and O–H groups in total. The van der Waals surface area contributed by atoms with E-state index in [1.165, 1.54) is 68.8 Å². The van der Waals surface area contributed by atoms with E-state index < -0.39 is 12.9 Å². The molecule has 6 nitrogen and oxygen atoms in total. The van der Waals surface area contributed by atoms with Crippen molar-refractivity contribution >= 4 is 23.0 Å². The maximum absolute atomic E-state index is 12.3. The van der Waals surface area contributed by atoms with Gasteiger partial charge in [0.25, 0.3) is 0 Å². The first-order valence-corrected chi connectivity index (χ1v) is 12.7. The Balaban J connectivity index is 1.48. The number of aromatic nitrogens is 1. The number of esters is 1. The number of nitrogens with zero attached hydrogens (tertiary/aromatic N) is 1. The van der Waals surface area contributed by atoms with Crippen LogP contribution in [0.4, 0.5) is 4.79 Å². The average molecular weight is 460 g/mol. The number of unbranched alkanes of at least 4 members (excludes halogenated alkanes) is 12. The van der Waals surface area contributed by atoms with Crippen molar-refractivity contribution in [2.45, 2.75) is 103 Å². The first-order valence-electron chi connectivity index (χ1n) is 12.7. The number of ether oxygens (including phenoxy) is 2. The quantitative estimate of drug-likeness (QED) is 0.155. The van der Waals surface area contributed by atoms with Gasteiger partial charge in [0.15, 0.2) is 0 Å². The Bertz CT molecular complexity index is 829. The molecule has 0 radical (unpaired) electrons. The molecule has 33 heavy (non-hydrogen) atoms. The Hall–Kier alpha value is -2.34. The molecule has 1 aromatic heterocycles. The fraction of sp³-hybridized carbons (Fsp3) is 0.630. The van der Waals surface area contributed by atoms with Crippen LogP contribution in [0.3, 0.4) is 0 Å². The van der Waals surface area contributed by atoms with E-state index in [-0.39, 0.29) is 12.6 Å². The molecule has 2 rings (SSSR count). The van der Waals surface area contributed by atoms with Gasteiger partial charge >= 0.3 is 12.1 Å². The third-order valence-corrected chi connectivity index (χ3v) is 6.05. The van der Waals surface area contributed by atoms with E-state index >= 15 is 0 Å². The number of rotatable bonds is 17. The molecular formula is C27H41NO5. The Morgan fingerprint density at radius 3 is 2.00 bits per heavy atom. The summed E-state index contributed by atoms with van der Waals surface area (Å²) >= 11 is 0. The van der Waals surface area contributed by atoms with Crippen LogP contribution in [0.5, 0.6) is 0 Å². The smallest absolute Gasteiger partial charge is 0.421 e. The van der Waals surface area contributed by atoms with Gasteiger partial charge in [0.2, 0.25) is 6.79 Å². The highest BCUT2D eigenvalue weighted by Crippen LogP contribution is 2.21. The predicted octanol–water partition coefficient (Wildman–Crippen LogP) is 7.10. The summed E-state index contributed by atoms with van der Waals surface area (Å²) in [7, 11) is 0. The highest BCUT2D eigenvalue weighted by atomic mass is 16.7. The third-order valence-electron chi connectivity index (χ3n) is 6.05. The average Bonchev–Trinajstić information content (AvgIpc) is 3.21. The van der Waals surface area contributed by atoms with E-state index in [2.05, 4.69) is 6.92 Å². The Labute approximate surface area is 198 Å². The fourth-order valence-corrected chi connectivity index (χ4v) is 4.10. The SMILES string of the molecule is CCCCCCCCCCCCCCCC(=O)OCOC(=O)n1cc(CO)c2ccccc21. The van der Waals surface area contributed by atoms with Crippen LogP contribution in [0.25, 0.3) is 10.9 Å². The van der Waals surface area contributed by atoms with Crippen molar-refractivity contribution in [3.63, 3.8) is 0 Å². The van der Waals surface area contributed by atoms with E-state index in [0.717, 1.165) is 24.6 Å². The molecule has 0 aliphatic rings. The van der Waals surface area contributed by atoms with Crippen LogP contribution in [-0.2, 0) is 20.9 Å². The topological polar surface area (TPSA) is 77.8 Å². The van der Waals surface area contributed by atoms with E-state index in [1.54, 1.807) is 12.3 Å². The maximum atomic E-state index is 12.3. The largest absolute Gasteiger partial charge is 0.428 e. The first kappa shape index (κ1) is 26.9. The lowest BCUT2D eigenvalue weighted by atomic mass is 10.0. The van der Waals surface area contributed by atoms with Gasteiger partial charge < -0.3 is 14.6 Å². The van der Waals surface area contributed by atoms with Crippen LogP contribution >= 0.6 is 0 Å². The number of aliphatic hydroxyl groups is 1. The number of carbonyl (C=O) groups is 2. The number of para-hydroxylation sites is 1. The zero-order chi connectivity index (χ0) is 23.7.